The Balaban J connectivity index is 1.84. The van der Waals surface area contributed by atoms with Crippen molar-refractivity contribution in [2.75, 3.05) is 6.61 Å². The minimum atomic E-state index is -0.410. The Morgan fingerprint density at radius 2 is 2.05 bits per heavy atom. The number of amides is 1. The van der Waals surface area contributed by atoms with Gasteiger partial charge in [0, 0.05) is 5.56 Å². The van der Waals surface area contributed by atoms with Crippen LogP contribution in [0.15, 0.2) is 47.6 Å². The number of nitrogens with zero attached hydrogens (tertiary/aromatic N) is 1. The molecule has 4 nitrogen and oxygen atoms in total. The van der Waals surface area contributed by atoms with Crippen molar-refractivity contribution in [2.24, 2.45) is 5.10 Å². The molecule has 2 aromatic rings. The van der Waals surface area contributed by atoms with Gasteiger partial charge in [-0.25, -0.2) is 9.82 Å². The number of ether oxygens (including phenoxy) is 1. The predicted octanol–water partition coefficient (Wildman–Crippen LogP) is 2.97. The summed E-state index contributed by atoms with van der Waals surface area (Å²) < 4.78 is 18.8. The van der Waals surface area contributed by atoms with Gasteiger partial charge < -0.3 is 4.74 Å². The van der Waals surface area contributed by atoms with Gasteiger partial charge in [0.1, 0.15) is 11.6 Å². The Bertz CT molecular complexity index is 699. The monoisotopic (exact) mass is 300 g/mol. The van der Waals surface area contributed by atoms with Crippen LogP contribution >= 0.6 is 0 Å². The summed E-state index contributed by atoms with van der Waals surface area (Å²) in [7, 11) is 0. The van der Waals surface area contributed by atoms with Crippen LogP contribution in [0.4, 0.5) is 4.39 Å². The fourth-order valence-corrected chi connectivity index (χ4v) is 1.89. The minimum Gasteiger partial charge on any atom is -0.483 e. The van der Waals surface area contributed by atoms with Crippen LogP contribution in [0.1, 0.15) is 16.7 Å². The van der Waals surface area contributed by atoms with Crippen molar-refractivity contribution in [1.82, 2.24) is 5.43 Å². The van der Waals surface area contributed by atoms with E-state index in [-0.39, 0.29) is 6.61 Å². The van der Waals surface area contributed by atoms with Crippen LogP contribution in [0.3, 0.4) is 0 Å². The molecule has 1 amide bonds. The topological polar surface area (TPSA) is 50.7 Å². The molecule has 0 fully saturated rings. The van der Waals surface area contributed by atoms with Crippen LogP contribution in [0, 0.1) is 19.7 Å². The van der Waals surface area contributed by atoms with Gasteiger partial charge in [0.25, 0.3) is 5.91 Å². The van der Waals surface area contributed by atoms with Crippen LogP contribution in [0.2, 0.25) is 0 Å². The largest absolute Gasteiger partial charge is 0.483 e. The maximum atomic E-state index is 13.3. The fourth-order valence-electron chi connectivity index (χ4n) is 1.89. The molecular weight excluding hydrogens is 283 g/mol. The van der Waals surface area contributed by atoms with E-state index in [1.807, 2.05) is 32.0 Å². The molecule has 114 valence electrons. The van der Waals surface area contributed by atoms with Gasteiger partial charge in [-0.3, -0.25) is 4.79 Å². The van der Waals surface area contributed by atoms with Gasteiger partial charge in [-0.1, -0.05) is 35.9 Å². The molecule has 0 atom stereocenters. The summed E-state index contributed by atoms with van der Waals surface area (Å²) in [5, 5.41) is 3.71. The molecule has 0 bridgehead atoms. The van der Waals surface area contributed by atoms with E-state index in [1.54, 1.807) is 18.2 Å². The van der Waals surface area contributed by atoms with Crippen molar-refractivity contribution in [3.63, 3.8) is 0 Å². The van der Waals surface area contributed by atoms with E-state index < -0.39 is 11.7 Å². The second-order valence-corrected chi connectivity index (χ2v) is 4.87. The van der Waals surface area contributed by atoms with Gasteiger partial charge >= 0.3 is 0 Å². The SMILES string of the molecule is Cc1ccc(OCC(=O)NN=Cc2ccccc2F)c(C)c1. The number of benzene rings is 2. The Morgan fingerprint density at radius 3 is 2.77 bits per heavy atom. The number of hydrogen-bond acceptors (Lipinski definition) is 3. The summed E-state index contributed by atoms with van der Waals surface area (Å²) in [5.41, 5.74) is 4.69. The maximum absolute atomic E-state index is 13.3. The summed E-state index contributed by atoms with van der Waals surface area (Å²) in [5.74, 6) is -0.154. The molecule has 1 N–H and O–H groups in total. The molecule has 0 spiro atoms. The highest BCUT2D eigenvalue weighted by Crippen LogP contribution is 2.18. The smallest absolute Gasteiger partial charge is 0.277 e. The highest BCUT2D eigenvalue weighted by Gasteiger charge is 2.04. The summed E-state index contributed by atoms with van der Waals surface area (Å²) in [6, 6.07) is 11.9. The number of carbonyl (C=O) groups is 1. The molecule has 2 aromatic carbocycles. The Labute approximate surface area is 128 Å². The zero-order valence-electron chi connectivity index (χ0n) is 12.5. The first kappa shape index (κ1) is 15.7. The van der Waals surface area contributed by atoms with Gasteiger partial charge in [-0.2, -0.15) is 5.10 Å². The third-order valence-corrected chi connectivity index (χ3v) is 2.99. The van der Waals surface area contributed by atoms with Crippen LogP contribution in [-0.2, 0) is 4.79 Å². The first-order chi connectivity index (χ1) is 10.6. The standard InChI is InChI=1S/C17H17FN2O2/c1-12-7-8-16(13(2)9-12)22-11-17(21)20-19-10-14-5-3-4-6-15(14)18/h3-10H,11H2,1-2H3,(H,20,21). The van der Waals surface area contributed by atoms with Gasteiger partial charge in [-0.15, -0.1) is 0 Å². The molecule has 0 saturated heterocycles. The summed E-state index contributed by atoms with van der Waals surface area (Å²) in [4.78, 5) is 11.6. The van der Waals surface area contributed by atoms with Gasteiger partial charge in [0.05, 0.1) is 6.21 Å². The van der Waals surface area contributed by atoms with Crippen LogP contribution < -0.4 is 10.2 Å². The number of hydrazone groups is 1. The predicted molar refractivity (Wildman–Crippen MR) is 83.5 cm³/mol. The number of rotatable bonds is 5. The molecule has 2 rings (SSSR count). The lowest BCUT2D eigenvalue weighted by Gasteiger charge is -2.08. The normalized spacial score (nSPS) is 10.7. The Kier molecular flexibility index (Phi) is 5.25. The number of hydrogen-bond donors (Lipinski definition) is 1. The molecule has 5 heteroatoms. The second-order valence-electron chi connectivity index (χ2n) is 4.87. The molecule has 0 aromatic heterocycles. The van der Waals surface area contributed by atoms with Gasteiger partial charge in [0.2, 0.25) is 0 Å². The van der Waals surface area contributed by atoms with Crippen LogP contribution in [0.25, 0.3) is 0 Å². The highest BCUT2D eigenvalue weighted by atomic mass is 19.1. The quantitative estimate of drug-likeness (QED) is 0.682. The first-order valence-electron chi connectivity index (χ1n) is 6.83. The maximum Gasteiger partial charge on any atom is 0.277 e. The summed E-state index contributed by atoms with van der Waals surface area (Å²) in [6.07, 6.45) is 1.25. The van der Waals surface area contributed by atoms with Crippen LogP contribution in [0.5, 0.6) is 5.75 Å². The average molecular weight is 300 g/mol. The Morgan fingerprint density at radius 1 is 1.27 bits per heavy atom. The molecule has 22 heavy (non-hydrogen) atoms. The van der Waals surface area contributed by atoms with Crippen molar-refractivity contribution in [3.05, 3.63) is 65.0 Å². The molecule has 0 aliphatic heterocycles. The van der Waals surface area contributed by atoms with E-state index in [2.05, 4.69) is 10.5 Å². The van der Waals surface area contributed by atoms with Crippen molar-refractivity contribution in [2.45, 2.75) is 13.8 Å². The van der Waals surface area contributed by atoms with E-state index in [0.717, 1.165) is 11.1 Å². The first-order valence-corrected chi connectivity index (χ1v) is 6.83. The summed E-state index contributed by atoms with van der Waals surface area (Å²) in [6.45, 7) is 3.75. The lowest BCUT2D eigenvalue weighted by atomic mass is 10.1. The van der Waals surface area contributed by atoms with Crippen molar-refractivity contribution in [1.29, 1.82) is 0 Å². The van der Waals surface area contributed by atoms with E-state index in [0.29, 0.717) is 11.3 Å². The molecular formula is C17H17FN2O2. The minimum absolute atomic E-state index is 0.154. The number of halogens is 1. The van der Waals surface area contributed by atoms with Crippen LogP contribution in [-0.4, -0.2) is 18.7 Å². The van der Waals surface area contributed by atoms with Crippen molar-refractivity contribution in [3.8, 4) is 5.75 Å². The highest BCUT2D eigenvalue weighted by molar-refractivity contribution is 5.83. The van der Waals surface area contributed by atoms with E-state index in [1.165, 1.54) is 12.3 Å². The fraction of sp³-hybridized carbons (Fsp3) is 0.176. The van der Waals surface area contributed by atoms with E-state index in [9.17, 15) is 9.18 Å². The average Bonchev–Trinajstić information content (AvgIpc) is 2.48. The lowest BCUT2D eigenvalue weighted by Crippen LogP contribution is -2.24. The second kappa shape index (κ2) is 7.36. The van der Waals surface area contributed by atoms with Crippen molar-refractivity contribution >= 4 is 12.1 Å². The zero-order chi connectivity index (χ0) is 15.9. The third kappa shape index (κ3) is 4.41. The van der Waals surface area contributed by atoms with Gasteiger partial charge in [-0.05, 0) is 31.5 Å². The van der Waals surface area contributed by atoms with Gasteiger partial charge in [0.15, 0.2) is 6.61 Å². The molecule has 0 unspecified atom stereocenters. The Hall–Kier alpha value is -2.69. The number of nitrogens with one attached hydrogen (secondary N) is 1. The van der Waals surface area contributed by atoms with E-state index in [4.69, 9.17) is 4.74 Å². The molecule has 0 aliphatic rings. The third-order valence-electron chi connectivity index (χ3n) is 2.99. The lowest BCUT2D eigenvalue weighted by molar-refractivity contribution is -0.123. The number of aryl methyl sites for hydroxylation is 2. The summed E-state index contributed by atoms with van der Waals surface area (Å²) >= 11 is 0. The zero-order valence-corrected chi connectivity index (χ0v) is 12.5. The van der Waals surface area contributed by atoms with Crippen molar-refractivity contribution < 1.29 is 13.9 Å². The molecule has 0 saturated carbocycles. The van der Waals surface area contributed by atoms with E-state index >= 15 is 0 Å². The molecule has 0 radical (unpaired) electrons. The molecule has 0 heterocycles. The number of carbonyl (C=O) groups excluding carboxylic acids is 1. The molecule has 0 aliphatic carbocycles.